The summed E-state index contributed by atoms with van der Waals surface area (Å²) in [6, 6.07) is 14.7. The molecule has 0 aromatic heterocycles. The molecule has 0 bridgehead atoms. The summed E-state index contributed by atoms with van der Waals surface area (Å²) in [5, 5.41) is 0. The Bertz CT molecular complexity index is 1130. The smallest absolute Gasteiger partial charge is 0.194 e. The van der Waals surface area contributed by atoms with Gasteiger partial charge < -0.3 is 0 Å². The predicted molar refractivity (Wildman–Crippen MR) is 115 cm³/mol. The van der Waals surface area contributed by atoms with E-state index in [2.05, 4.69) is 43.0 Å². The molecule has 30 heavy (non-hydrogen) atoms. The molecule has 0 atom stereocenters. The van der Waals surface area contributed by atoms with E-state index in [4.69, 9.17) is 0 Å². The maximum absolute atomic E-state index is 13.4. The fraction of sp³-hybridized carbons (Fsp3) is 0.259. The van der Waals surface area contributed by atoms with Crippen LogP contribution in [0.5, 0.6) is 0 Å². The van der Waals surface area contributed by atoms with Crippen LogP contribution < -0.4 is 0 Å². The summed E-state index contributed by atoms with van der Waals surface area (Å²) in [5.41, 5.74) is 7.42. The molecule has 0 aliphatic heterocycles. The summed E-state index contributed by atoms with van der Waals surface area (Å²) in [6.07, 6.45) is 6.80. The second kappa shape index (κ2) is 8.79. The second-order valence-corrected chi connectivity index (χ2v) is 7.82. The van der Waals surface area contributed by atoms with E-state index in [1.165, 1.54) is 47.1 Å². The van der Waals surface area contributed by atoms with Crippen molar-refractivity contribution in [3.05, 3.63) is 93.8 Å². The number of benzene rings is 3. The van der Waals surface area contributed by atoms with Crippen LogP contribution in [0.1, 0.15) is 54.0 Å². The van der Waals surface area contributed by atoms with E-state index in [1.807, 2.05) is 12.1 Å². The number of rotatable bonds is 4. The first kappa shape index (κ1) is 20.3. The minimum absolute atomic E-state index is 0.116. The Labute approximate surface area is 175 Å². The molecule has 0 spiro atoms. The molecule has 152 valence electrons. The zero-order chi connectivity index (χ0) is 21.1. The second-order valence-electron chi connectivity index (χ2n) is 7.82. The third kappa shape index (κ3) is 4.28. The van der Waals surface area contributed by atoms with Gasteiger partial charge in [-0.2, -0.15) is 0 Å². The van der Waals surface area contributed by atoms with Crippen molar-refractivity contribution in [1.29, 1.82) is 0 Å². The zero-order valence-electron chi connectivity index (χ0n) is 17.0. The summed E-state index contributed by atoms with van der Waals surface area (Å²) in [4.78, 5) is 0. The number of halogens is 3. The van der Waals surface area contributed by atoms with Crippen molar-refractivity contribution in [3.8, 4) is 23.0 Å². The molecule has 4 rings (SSSR count). The molecular weight excluding hydrogens is 381 g/mol. The van der Waals surface area contributed by atoms with Crippen LogP contribution in [0.2, 0.25) is 0 Å². The molecule has 3 heteroatoms. The van der Waals surface area contributed by atoms with Gasteiger partial charge in [-0.1, -0.05) is 55.9 Å². The number of aryl methyl sites for hydroxylation is 3. The van der Waals surface area contributed by atoms with Crippen LogP contribution in [0, 0.1) is 29.3 Å². The number of hydrogen-bond acceptors (Lipinski definition) is 0. The van der Waals surface area contributed by atoms with E-state index in [1.54, 1.807) is 0 Å². The van der Waals surface area contributed by atoms with Crippen LogP contribution in [-0.2, 0) is 19.3 Å². The fourth-order valence-corrected chi connectivity index (χ4v) is 4.03. The Morgan fingerprint density at radius 1 is 0.733 bits per heavy atom. The molecule has 3 aromatic rings. The van der Waals surface area contributed by atoms with Gasteiger partial charge in [0.25, 0.3) is 0 Å². The SMILES string of the molecule is CCCCCc1ccc2c(c1)CCc1cc(C#Cc3cc(F)c(F)c(F)c3)ccc1-2. The van der Waals surface area contributed by atoms with E-state index in [0.717, 1.165) is 37.0 Å². The van der Waals surface area contributed by atoms with Crippen molar-refractivity contribution < 1.29 is 13.2 Å². The van der Waals surface area contributed by atoms with Crippen molar-refractivity contribution in [2.45, 2.75) is 45.4 Å². The van der Waals surface area contributed by atoms with Gasteiger partial charge in [0, 0.05) is 11.1 Å². The first-order valence-corrected chi connectivity index (χ1v) is 10.5. The molecule has 1 aliphatic rings. The van der Waals surface area contributed by atoms with Gasteiger partial charge in [0.15, 0.2) is 17.5 Å². The highest BCUT2D eigenvalue weighted by Crippen LogP contribution is 2.34. The molecule has 0 fully saturated rings. The molecule has 0 amide bonds. The summed E-state index contributed by atoms with van der Waals surface area (Å²) in [5.74, 6) is 1.75. The van der Waals surface area contributed by atoms with E-state index < -0.39 is 17.5 Å². The van der Waals surface area contributed by atoms with Crippen molar-refractivity contribution in [2.24, 2.45) is 0 Å². The van der Waals surface area contributed by atoms with Gasteiger partial charge in [-0.05, 0) is 77.8 Å². The maximum Gasteiger partial charge on any atom is 0.194 e. The van der Waals surface area contributed by atoms with Crippen molar-refractivity contribution in [3.63, 3.8) is 0 Å². The minimum Gasteiger partial charge on any atom is -0.204 e. The van der Waals surface area contributed by atoms with Gasteiger partial charge in [0.1, 0.15) is 0 Å². The van der Waals surface area contributed by atoms with E-state index >= 15 is 0 Å². The van der Waals surface area contributed by atoms with Crippen LogP contribution >= 0.6 is 0 Å². The van der Waals surface area contributed by atoms with Crippen LogP contribution in [0.4, 0.5) is 13.2 Å². The lowest BCUT2D eigenvalue weighted by atomic mass is 9.83. The maximum atomic E-state index is 13.4. The Morgan fingerprint density at radius 2 is 1.37 bits per heavy atom. The highest BCUT2D eigenvalue weighted by atomic mass is 19.2. The molecule has 0 heterocycles. The molecular formula is C27H23F3. The van der Waals surface area contributed by atoms with Gasteiger partial charge in [-0.25, -0.2) is 13.2 Å². The third-order valence-corrected chi connectivity index (χ3v) is 5.63. The molecule has 0 N–H and O–H groups in total. The highest BCUT2D eigenvalue weighted by Gasteiger charge is 2.16. The topological polar surface area (TPSA) is 0 Å². The van der Waals surface area contributed by atoms with E-state index in [-0.39, 0.29) is 5.56 Å². The molecule has 0 nitrogen and oxygen atoms in total. The van der Waals surface area contributed by atoms with Crippen molar-refractivity contribution >= 4 is 0 Å². The number of hydrogen-bond donors (Lipinski definition) is 0. The van der Waals surface area contributed by atoms with Gasteiger partial charge in [0.2, 0.25) is 0 Å². The number of unbranched alkanes of at least 4 members (excludes halogenated alkanes) is 2. The normalized spacial score (nSPS) is 12.0. The van der Waals surface area contributed by atoms with Gasteiger partial charge in [-0.15, -0.1) is 0 Å². The molecule has 0 radical (unpaired) electrons. The first-order valence-electron chi connectivity index (χ1n) is 10.5. The molecule has 0 saturated heterocycles. The van der Waals surface area contributed by atoms with E-state index in [9.17, 15) is 13.2 Å². The Balaban J connectivity index is 1.58. The lowest BCUT2D eigenvalue weighted by Gasteiger charge is -2.21. The Kier molecular flexibility index (Phi) is 5.95. The molecule has 0 unspecified atom stereocenters. The van der Waals surface area contributed by atoms with Crippen LogP contribution in [0.15, 0.2) is 48.5 Å². The molecule has 0 saturated carbocycles. The summed E-state index contributed by atoms with van der Waals surface area (Å²) in [6.45, 7) is 2.22. The molecule has 3 aromatic carbocycles. The predicted octanol–water partition coefficient (Wildman–Crippen LogP) is 7.00. The Morgan fingerprint density at radius 3 is 2.07 bits per heavy atom. The largest absolute Gasteiger partial charge is 0.204 e. The summed E-state index contributed by atoms with van der Waals surface area (Å²) < 4.78 is 39.8. The Hall–Kier alpha value is -2.99. The zero-order valence-corrected chi connectivity index (χ0v) is 17.0. The quantitative estimate of drug-likeness (QED) is 0.249. The van der Waals surface area contributed by atoms with Gasteiger partial charge >= 0.3 is 0 Å². The first-order chi connectivity index (χ1) is 14.5. The summed E-state index contributed by atoms with van der Waals surface area (Å²) >= 11 is 0. The average Bonchev–Trinajstić information content (AvgIpc) is 2.75. The average molecular weight is 404 g/mol. The van der Waals surface area contributed by atoms with Crippen molar-refractivity contribution in [2.75, 3.05) is 0 Å². The van der Waals surface area contributed by atoms with Crippen LogP contribution in [-0.4, -0.2) is 0 Å². The summed E-state index contributed by atoms with van der Waals surface area (Å²) in [7, 11) is 0. The lowest BCUT2D eigenvalue weighted by Crippen LogP contribution is -2.05. The standard InChI is InChI=1S/C27H23F3/c1-2-3-4-5-18-8-12-23-21(14-18)10-11-22-15-19(9-13-24(22)23)6-7-20-16-25(28)27(30)26(29)17-20/h8-9,12-17H,2-5,10-11H2,1H3. The monoisotopic (exact) mass is 404 g/mol. The number of fused-ring (bicyclic) bond motifs is 3. The van der Waals surface area contributed by atoms with Crippen molar-refractivity contribution in [1.82, 2.24) is 0 Å². The van der Waals surface area contributed by atoms with Gasteiger partial charge in [0.05, 0.1) is 0 Å². The van der Waals surface area contributed by atoms with Gasteiger partial charge in [-0.3, -0.25) is 0 Å². The van der Waals surface area contributed by atoms with Crippen LogP contribution in [0.25, 0.3) is 11.1 Å². The third-order valence-electron chi connectivity index (χ3n) is 5.63. The lowest BCUT2D eigenvalue weighted by molar-refractivity contribution is 0.446. The highest BCUT2D eigenvalue weighted by molar-refractivity contribution is 5.74. The van der Waals surface area contributed by atoms with Crippen LogP contribution in [0.3, 0.4) is 0 Å². The van der Waals surface area contributed by atoms with E-state index in [0.29, 0.717) is 0 Å². The fourth-order valence-electron chi connectivity index (χ4n) is 4.03. The minimum atomic E-state index is -1.47. The molecule has 1 aliphatic carbocycles.